The van der Waals surface area contributed by atoms with E-state index in [9.17, 15) is 9.18 Å². The van der Waals surface area contributed by atoms with Crippen molar-refractivity contribution in [1.82, 2.24) is 9.88 Å². The predicted molar refractivity (Wildman–Crippen MR) is 86.7 cm³/mol. The summed E-state index contributed by atoms with van der Waals surface area (Å²) in [5, 5.41) is 9.16. The monoisotopic (exact) mass is 332 g/mol. The van der Waals surface area contributed by atoms with Crippen LogP contribution in [0.3, 0.4) is 0 Å². The van der Waals surface area contributed by atoms with E-state index < -0.39 is 0 Å². The topological polar surface area (TPSA) is 66.6 Å². The molecule has 5 nitrogen and oxygen atoms in total. The maximum absolute atomic E-state index is 13.0. The number of aliphatic hydroxyl groups is 1. The van der Waals surface area contributed by atoms with Gasteiger partial charge in [0.05, 0.1) is 12.1 Å². The molecule has 0 radical (unpaired) electrons. The van der Waals surface area contributed by atoms with Gasteiger partial charge in [0.2, 0.25) is 11.8 Å². The quantitative estimate of drug-likeness (QED) is 0.914. The van der Waals surface area contributed by atoms with E-state index in [0.717, 1.165) is 25.8 Å². The van der Waals surface area contributed by atoms with Gasteiger partial charge in [0.15, 0.2) is 0 Å². The van der Waals surface area contributed by atoms with E-state index in [4.69, 9.17) is 9.52 Å². The largest absolute Gasteiger partial charge is 0.444 e. The third-order valence-corrected chi connectivity index (χ3v) is 4.39. The molecule has 1 aliphatic rings. The van der Waals surface area contributed by atoms with E-state index >= 15 is 0 Å². The Balaban J connectivity index is 1.67. The SMILES string of the molecule is O=C(Cc1coc(-c2ccc(F)cc2)n1)N1CCCC[C@@H]1CCO. The lowest BCUT2D eigenvalue weighted by molar-refractivity contribution is -0.134. The molecular formula is C18H21FN2O3. The van der Waals surface area contributed by atoms with Crippen LogP contribution < -0.4 is 0 Å². The maximum atomic E-state index is 13.0. The number of carbonyl (C=O) groups excluding carboxylic acids is 1. The van der Waals surface area contributed by atoms with Crippen LogP contribution in [0.15, 0.2) is 34.9 Å². The van der Waals surface area contributed by atoms with Gasteiger partial charge in [-0.05, 0) is 49.9 Å². The fourth-order valence-corrected chi connectivity index (χ4v) is 3.15. The third kappa shape index (κ3) is 3.82. The minimum absolute atomic E-state index is 0.00658. The third-order valence-electron chi connectivity index (χ3n) is 4.39. The van der Waals surface area contributed by atoms with Crippen LogP contribution >= 0.6 is 0 Å². The number of aliphatic hydroxyl groups excluding tert-OH is 1. The van der Waals surface area contributed by atoms with Gasteiger partial charge in [0, 0.05) is 24.8 Å². The zero-order valence-corrected chi connectivity index (χ0v) is 13.4. The highest BCUT2D eigenvalue weighted by atomic mass is 19.1. The van der Waals surface area contributed by atoms with E-state index in [1.165, 1.54) is 18.4 Å². The number of nitrogens with zero attached hydrogens (tertiary/aromatic N) is 2. The highest BCUT2D eigenvalue weighted by Crippen LogP contribution is 2.22. The van der Waals surface area contributed by atoms with Gasteiger partial charge in [-0.1, -0.05) is 0 Å². The van der Waals surface area contributed by atoms with Crippen molar-refractivity contribution in [3.8, 4) is 11.5 Å². The average Bonchev–Trinajstić information content (AvgIpc) is 3.05. The van der Waals surface area contributed by atoms with Gasteiger partial charge in [-0.25, -0.2) is 9.37 Å². The number of likely N-dealkylation sites (tertiary alicyclic amines) is 1. The lowest BCUT2D eigenvalue weighted by atomic mass is 9.99. The van der Waals surface area contributed by atoms with Crippen molar-refractivity contribution in [2.45, 2.75) is 38.1 Å². The standard InChI is InChI=1S/C18H21FN2O3/c19-14-6-4-13(5-7-14)18-20-15(12-24-18)11-17(23)21-9-2-1-3-16(21)8-10-22/h4-7,12,16,22H,1-3,8-11H2/t16-/m1/s1. The molecule has 0 saturated carbocycles. The Morgan fingerprint density at radius 2 is 2.12 bits per heavy atom. The first-order chi connectivity index (χ1) is 11.7. The second-order valence-electron chi connectivity index (χ2n) is 6.08. The molecule has 6 heteroatoms. The zero-order valence-electron chi connectivity index (χ0n) is 13.4. The van der Waals surface area contributed by atoms with Crippen LogP contribution in [0.4, 0.5) is 4.39 Å². The summed E-state index contributed by atoms with van der Waals surface area (Å²) in [4.78, 5) is 18.7. The molecule has 1 N–H and O–H groups in total. The number of halogens is 1. The lowest BCUT2D eigenvalue weighted by Crippen LogP contribution is -2.44. The molecule has 1 atom stereocenters. The Labute approximate surface area is 140 Å². The van der Waals surface area contributed by atoms with E-state index in [-0.39, 0.29) is 30.8 Å². The Bertz CT molecular complexity index is 682. The van der Waals surface area contributed by atoms with Crippen LogP contribution in [0.25, 0.3) is 11.5 Å². The molecule has 3 rings (SSSR count). The summed E-state index contributed by atoms with van der Waals surface area (Å²) in [6, 6.07) is 5.98. The molecule has 2 aromatic rings. The molecule has 24 heavy (non-hydrogen) atoms. The summed E-state index contributed by atoms with van der Waals surface area (Å²) in [5.74, 6) is 0.0659. The van der Waals surface area contributed by atoms with Gasteiger partial charge in [-0.15, -0.1) is 0 Å². The second-order valence-corrected chi connectivity index (χ2v) is 6.08. The van der Waals surface area contributed by atoms with Crippen LogP contribution in [0.1, 0.15) is 31.4 Å². The summed E-state index contributed by atoms with van der Waals surface area (Å²) < 4.78 is 18.4. The Morgan fingerprint density at radius 1 is 1.33 bits per heavy atom. The Kier molecular flexibility index (Phi) is 5.25. The summed E-state index contributed by atoms with van der Waals surface area (Å²) in [6.07, 6.45) is 5.28. The fraction of sp³-hybridized carbons (Fsp3) is 0.444. The van der Waals surface area contributed by atoms with Gasteiger partial charge in [-0.3, -0.25) is 4.79 Å². The van der Waals surface area contributed by atoms with Crippen molar-refractivity contribution in [3.05, 3.63) is 42.0 Å². The molecule has 0 spiro atoms. The van der Waals surface area contributed by atoms with Crippen molar-refractivity contribution < 1.29 is 18.7 Å². The molecule has 0 unspecified atom stereocenters. The number of hydrogen-bond donors (Lipinski definition) is 1. The number of hydrogen-bond acceptors (Lipinski definition) is 4. The minimum Gasteiger partial charge on any atom is -0.444 e. The van der Waals surface area contributed by atoms with E-state index in [1.807, 2.05) is 4.90 Å². The molecule has 2 heterocycles. The molecule has 0 aliphatic carbocycles. The number of amides is 1. The first-order valence-corrected chi connectivity index (χ1v) is 8.28. The lowest BCUT2D eigenvalue weighted by Gasteiger charge is -2.35. The number of carbonyl (C=O) groups is 1. The van der Waals surface area contributed by atoms with Gasteiger partial charge >= 0.3 is 0 Å². The van der Waals surface area contributed by atoms with Gasteiger partial charge in [0.1, 0.15) is 12.1 Å². The molecule has 1 amide bonds. The van der Waals surface area contributed by atoms with Gasteiger partial charge in [-0.2, -0.15) is 0 Å². The number of rotatable bonds is 5. The fourth-order valence-electron chi connectivity index (χ4n) is 3.15. The molecular weight excluding hydrogens is 311 g/mol. The summed E-state index contributed by atoms with van der Waals surface area (Å²) in [5.41, 5.74) is 1.24. The van der Waals surface area contributed by atoms with Crippen LogP contribution in [0.5, 0.6) is 0 Å². The number of aromatic nitrogens is 1. The van der Waals surface area contributed by atoms with E-state index in [1.54, 1.807) is 12.1 Å². The maximum Gasteiger partial charge on any atom is 0.228 e. The molecule has 1 aromatic carbocycles. The first-order valence-electron chi connectivity index (χ1n) is 8.28. The highest BCUT2D eigenvalue weighted by Gasteiger charge is 2.26. The smallest absolute Gasteiger partial charge is 0.228 e. The molecule has 1 aliphatic heterocycles. The number of oxazole rings is 1. The molecule has 1 saturated heterocycles. The normalized spacial score (nSPS) is 17.9. The zero-order chi connectivity index (χ0) is 16.9. The number of benzene rings is 1. The van der Waals surface area contributed by atoms with E-state index in [0.29, 0.717) is 23.6 Å². The second kappa shape index (κ2) is 7.57. The Hall–Kier alpha value is -2.21. The van der Waals surface area contributed by atoms with Crippen molar-refractivity contribution >= 4 is 5.91 Å². The minimum atomic E-state index is -0.319. The van der Waals surface area contributed by atoms with Crippen molar-refractivity contribution in [2.75, 3.05) is 13.2 Å². The van der Waals surface area contributed by atoms with Crippen LogP contribution in [0, 0.1) is 5.82 Å². The van der Waals surface area contributed by atoms with Crippen LogP contribution in [0.2, 0.25) is 0 Å². The highest BCUT2D eigenvalue weighted by molar-refractivity contribution is 5.78. The summed E-state index contributed by atoms with van der Waals surface area (Å²) in [6.45, 7) is 0.819. The molecule has 128 valence electrons. The van der Waals surface area contributed by atoms with Crippen LogP contribution in [-0.4, -0.2) is 40.1 Å². The van der Waals surface area contributed by atoms with Crippen molar-refractivity contribution in [1.29, 1.82) is 0 Å². The van der Waals surface area contributed by atoms with Crippen LogP contribution in [-0.2, 0) is 11.2 Å². The van der Waals surface area contributed by atoms with Gasteiger partial charge < -0.3 is 14.4 Å². The molecule has 0 bridgehead atoms. The number of piperidine rings is 1. The first kappa shape index (κ1) is 16.6. The van der Waals surface area contributed by atoms with Crippen molar-refractivity contribution in [3.63, 3.8) is 0 Å². The molecule has 1 fully saturated rings. The predicted octanol–water partition coefficient (Wildman–Crippen LogP) is 2.79. The average molecular weight is 332 g/mol. The summed E-state index contributed by atoms with van der Waals surface area (Å²) in [7, 11) is 0. The molecule has 1 aromatic heterocycles. The van der Waals surface area contributed by atoms with E-state index in [2.05, 4.69) is 4.98 Å². The Morgan fingerprint density at radius 3 is 2.88 bits per heavy atom. The van der Waals surface area contributed by atoms with Crippen molar-refractivity contribution in [2.24, 2.45) is 0 Å². The van der Waals surface area contributed by atoms with Gasteiger partial charge in [0.25, 0.3) is 0 Å². The summed E-state index contributed by atoms with van der Waals surface area (Å²) >= 11 is 0.